The molecule has 0 radical (unpaired) electrons. The minimum atomic E-state index is -0.436. The second-order valence-electron chi connectivity index (χ2n) is 14.3. The molecular weight excluding hydrogens is 650 g/mol. The summed E-state index contributed by atoms with van der Waals surface area (Å²) in [6, 6.07) is 56.7. The fourth-order valence-electron chi connectivity index (χ4n) is 8.74. The van der Waals surface area contributed by atoms with Crippen molar-refractivity contribution in [2.75, 3.05) is 0 Å². The lowest BCUT2D eigenvalue weighted by Crippen LogP contribution is -2.26. The molecule has 1 atom stereocenters. The molecule has 1 aromatic heterocycles. The van der Waals surface area contributed by atoms with Crippen molar-refractivity contribution in [3.05, 3.63) is 186 Å². The third-order valence-electron chi connectivity index (χ3n) is 11.5. The van der Waals surface area contributed by atoms with Gasteiger partial charge in [-0.05, 0) is 104 Å². The smallest absolute Gasteiger partial charge is 0.141 e. The molecule has 0 saturated carbocycles. The number of rotatable bonds is 5. The summed E-state index contributed by atoms with van der Waals surface area (Å²) >= 11 is 0. The third kappa shape index (κ3) is 5.03. The van der Waals surface area contributed by atoms with Crippen LogP contribution in [0.4, 0.5) is 10.1 Å². The van der Waals surface area contributed by atoms with Gasteiger partial charge in [-0.3, -0.25) is 0 Å². The predicted molar refractivity (Wildman–Crippen MR) is 219 cm³/mol. The molecule has 2 nitrogen and oxygen atoms in total. The summed E-state index contributed by atoms with van der Waals surface area (Å²) in [7, 11) is 0. The molecule has 53 heavy (non-hydrogen) atoms. The van der Waals surface area contributed by atoms with E-state index < -0.39 is 5.41 Å². The number of nitrogens with zero attached hydrogens (tertiary/aromatic N) is 1. The lowest BCUT2D eigenvalue weighted by atomic mass is 9.72. The number of fused-ring (bicyclic) bond motifs is 9. The molecule has 8 aromatic carbocycles. The van der Waals surface area contributed by atoms with E-state index in [1.54, 1.807) is 6.07 Å². The summed E-state index contributed by atoms with van der Waals surface area (Å²) in [5.74, 6) is 0.597. The first-order valence-corrected chi connectivity index (χ1v) is 18.5. The Labute approximate surface area is 307 Å². The molecule has 1 aliphatic heterocycles. The largest absolute Gasteiger partial charge is 0.458 e. The van der Waals surface area contributed by atoms with Crippen molar-refractivity contribution in [1.29, 1.82) is 0 Å². The van der Waals surface area contributed by atoms with Crippen LogP contribution in [0.25, 0.3) is 65.5 Å². The van der Waals surface area contributed by atoms with Crippen molar-refractivity contribution in [3.8, 4) is 22.3 Å². The van der Waals surface area contributed by atoms with Crippen LogP contribution in [0.1, 0.15) is 43.1 Å². The number of hydrogen-bond acceptors (Lipinski definition) is 2. The lowest BCUT2D eigenvalue weighted by molar-refractivity contribution is 0.375. The zero-order valence-corrected chi connectivity index (χ0v) is 29.4. The number of furan rings is 1. The molecule has 0 amide bonds. The topological polar surface area (TPSA) is 25.5 Å². The van der Waals surface area contributed by atoms with Crippen LogP contribution in [-0.2, 0) is 5.41 Å². The van der Waals surface area contributed by atoms with Gasteiger partial charge in [-0.25, -0.2) is 9.38 Å². The predicted octanol–water partition coefficient (Wildman–Crippen LogP) is 14.0. The van der Waals surface area contributed by atoms with E-state index in [1.165, 1.54) is 16.7 Å². The number of hydrogen-bond donors (Lipinski definition) is 0. The van der Waals surface area contributed by atoms with Gasteiger partial charge in [0, 0.05) is 10.9 Å². The normalized spacial score (nSPS) is 15.8. The first kappa shape index (κ1) is 31.4. The van der Waals surface area contributed by atoms with Crippen molar-refractivity contribution in [2.24, 2.45) is 4.99 Å². The average Bonchev–Trinajstić information content (AvgIpc) is 3.50. The van der Waals surface area contributed by atoms with Gasteiger partial charge < -0.3 is 4.42 Å². The van der Waals surface area contributed by atoms with Gasteiger partial charge in [0.2, 0.25) is 0 Å². The van der Waals surface area contributed by atoms with Crippen molar-refractivity contribution in [2.45, 2.75) is 31.6 Å². The van der Waals surface area contributed by atoms with Gasteiger partial charge in [-0.15, -0.1) is 0 Å². The van der Waals surface area contributed by atoms with Gasteiger partial charge >= 0.3 is 0 Å². The highest BCUT2D eigenvalue weighted by molar-refractivity contribution is 6.26. The van der Waals surface area contributed by atoms with Crippen LogP contribution in [0.5, 0.6) is 0 Å². The Hall–Kier alpha value is -6.32. The highest BCUT2D eigenvalue weighted by Crippen LogP contribution is 2.51. The van der Waals surface area contributed by atoms with Crippen LogP contribution in [0.15, 0.2) is 173 Å². The Kier molecular flexibility index (Phi) is 7.36. The molecule has 0 aliphatic carbocycles. The van der Waals surface area contributed by atoms with Gasteiger partial charge in [-0.2, -0.15) is 0 Å². The molecule has 1 aliphatic rings. The third-order valence-corrected chi connectivity index (χ3v) is 11.5. The van der Waals surface area contributed by atoms with Crippen molar-refractivity contribution >= 4 is 54.7 Å². The summed E-state index contributed by atoms with van der Waals surface area (Å²) < 4.78 is 23.6. The molecule has 0 bridgehead atoms. The summed E-state index contributed by atoms with van der Waals surface area (Å²) in [6.45, 7) is 2.22. The SMILES string of the molecule is CCC1(c2ccccc2)CCC(c2cc3c4ccccc4c4ccccc4c3cc2F)=Nc2c1oc1ccc(-c3ccc(-c4ccccc4)cc3)cc21. The Balaban J connectivity index is 1.18. The van der Waals surface area contributed by atoms with E-state index in [2.05, 4.69) is 146 Å². The average molecular weight is 686 g/mol. The van der Waals surface area contributed by atoms with E-state index in [-0.39, 0.29) is 5.82 Å². The summed E-state index contributed by atoms with van der Waals surface area (Å²) in [5, 5.41) is 7.35. The minimum Gasteiger partial charge on any atom is -0.458 e. The molecule has 1 unspecified atom stereocenters. The summed E-state index contributed by atoms with van der Waals surface area (Å²) in [6.07, 6.45) is 2.16. The maximum absolute atomic E-state index is 16.7. The molecule has 0 spiro atoms. The van der Waals surface area contributed by atoms with Crippen molar-refractivity contribution < 1.29 is 8.81 Å². The van der Waals surface area contributed by atoms with Gasteiger partial charge in [0.25, 0.3) is 0 Å². The molecule has 2 heterocycles. The van der Waals surface area contributed by atoms with Crippen molar-refractivity contribution in [3.63, 3.8) is 0 Å². The molecule has 0 fully saturated rings. The second kappa shape index (κ2) is 12.4. The Morgan fingerprint density at radius 2 is 1.08 bits per heavy atom. The second-order valence-corrected chi connectivity index (χ2v) is 14.3. The zero-order chi connectivity index (χ0) is 35.5. The fourth-order valence-corrected chi connectivity index (χ4v) is 8.74. The molecule has 3 heteroatoms. The van der Waals surface area contributed by atoms with E-state index in [1.807, 2.05) is 18.2 Å². The maximum atomic E-state index is 16.7. The van der Waals surface area contributed by atoms with Crippen LogP contribution in [-0.4, -0.2) is 5.71 Å². The standard InChI is InChI=1S/C50H36FNO/c1-2-50(36-15-7-4-8-16-36)28-27-46(43-30-41-39-19-11-9-17-37(39)38-18-10-12-20-40(38)42(41)31-45(43)51)52-48-44-29-35(25-26-47(44)53-49(48)50)34-23-21-33(22-24-34)32-13-5-3-6-14-32/h3-26,29-31H,2,27-28H2,1H3. The van der Waals surface area contributed by atoms with Crippen LogP contribution in [0.3, 0.4) is 0 Å². The van der Waals surface area contributed by atoms with Crippen LogP contribution in [0, 0.1) is 5.82 Å². The number of halogens is 1. The van der Waals surface area contributed by atoms with E-state index in [0.29, 0.717) is 12.0 Å². The van der Waals surface area contributed by atoms with E-state index in [0.717, 1.165) is 84.4 Å². The van der Waals surface area contributed by atoms with Crippen LogP contribution in [0.2, 0.25) is 0 Å². The summed E-state index contributed by atoms with van der Waals surface area (Å²) in [5.41, 5.74) is 8.19. The molecule has 254 valence electrons. The van der Waals surface area contributed by atoms with E-state index in [9.17, 15) is 0 Å². The van der Waals surface area contributed by atoms with Crippen LogP contribution >= 0.6 is 0 Å². The Morgan fingerprint density at radius 3 is 1.72 bits per heavy atom. The van der Waals surface area contributed by atoms with Gasteiger partial charge in [0.1, 0.15) is 22.8 Å². The van der Waals surface area contributed by atoms with Gasteiger partial charge in [0.15, 0.2) is 0 Å². The molecule has 10 rings (SSSR count). The first-order valence-electron chi connectivity index (χ1n) is 18.5. The molecule has 0 N–H and O–H groups in total. The Bertz CT molecular complexity index is 2870. The quantitative estimate of drug-likeness (QED) is 0.166. The van der Waals surface area contributed by atoms with Gasteiger partial charge in [0.05, 0.1) is 11.1 Å². The Morgan fingerprint density at radius 1 is 0.547 bits per heavy atom. The highest BCUT2D eigenvalue weighted by atomic mass is 19.1. The summed E-state index contributed by atoms with van der Waals surface area (Å²) in [4.78, 5) is 5.45. The van der Waals surface area contributed by atoms with Crippen LogP contribution < -0.4 is 0 Å². The first-order chi connectivity index (χ1) is 26.1. The molecular formula is C50H36FNO. The molecule has 0 saturated heterocycles. The number of aliphatic imine (C=N–C) groups is 1. The zero-order valence-electron chi connectivity index (χ0n) is 29.4. The van der Waals surface area contributed by atoms with E-state index >= 15 is 4.39 Å². The highest BCUT2D eigenvalue weighted by Gasteiger charge is 2.41. The number of benzene rings is 8. The van der Waals surface area contributed by atoms with E-state index in [4.69, 9.17) is 9.41 Å². The maximum Gasteiger partial charge on any atom is 0.141 e. The fraction of sp³-hybridized carbons (Fsp3) is 0.100. The van der Waals surface area contributed by atoms with Gasteiger partial charge in [-0.1, -0.05) is 146 Å². The lowest BCUT2D eigenvalue weighted by Gasteiger charge is -2.31. The minimum absolute atomic E-state index is 0.256. The molecule has 9 aromatic rings. The monoisotopic (exact) mass is 685 g/mol. The van der Waals surface area contributed by atoms with Crippen molar-refractivity contribution in [1.82, 2.24) is 0 Å².